The zero-order valence-corrected chi connectivity index (χ0v) is 21.4. The summed E-state index contributed by atoms with van der Waals surface area (Å²) in [5.41, 5.74) is 1.73. The Bertz CT molecular complexity index is 1450. The van der Waals surface area contributed by atoms with Crippen LogP contribution in [0.4, 0.5) is 17.1 Å². The maximum atomic E-state index is 13.3. The lowest BCUT2D eigenvalue weighted by Gasteiger charge is -2.18. The van der Waals surface area contributed by atoms with Crippen molar-refractivity contribution in [2.75, 3.05) is 10.6 Å². The fourth-order valence-corrected chi connectivity index (χ4v) is 4.79. The molecule has 1 unspecified atom stereocenters. The molecule has 0 aliphatic rings. The Hall–Kier alpha value is -3.85. The molecule has 4 aromatic rings. The fraction of sp³-hybridized carbons (Fsp3) is 0.0370. The summed E-state index contributed by atoms with van der Waals surface area (Å²) in [4.78, 5) is 37.0. The van der Waals surface area contributed by atoms with E-state index in [4.69, 9.17) is 23.2 Å². The lowest BCUT2D eigenvalue weighted by Crippen LogP contribution is -2.19. The van der Waals surface area contributed by atoms with E-state index >= 15 is 0 Å². The minimum Gasteiger partial charge on any atom is -0.323 e. The topological polar surface area (TPSA) is 101 Å². The van der Waals surface area contributed by atoms with E-state index in [2.05, 4.69) is 10.6 Å². The van der Waals surface area contributed by atoms with E-state index in [9.17, 15) is 19.7 Å². The number of hydrogen-bond donors (Lipinski definition) is 2. The van der Waals surface area contributed by atoms with Crippen molar-refractivity contribution in [1.29, 1.82) is 0 Å². The molecule has 186 valence electrons. The number of thioether (sulfide) groups is 1. The molecule has 2 N–H and O–H groups in total. The second-order valence-electron chi connectivity index (χ2n) is 7.79. The third-order valence-corrected chi connectivity index (χ3v) is 7.32. The molecule has 0 aliphatic carbocycles. The predicted molar refractivity (Wildman–Crippen MR) is 148 cm³/mol. The van der Waals surface area contributed by atoms with Gasteiger partial charge >= 0.3 is 0 Å². The molecule has 0 saturated heterocycles. The average Bonchev–Trinajstić information content (AvgIpc) is 2.91. The van der Waals surface area contributed by atoms with Crippen molar-refractivity contribution in [3.63, 3.8) is 0 Å². The molecule has 2 amide bonds. The van der Waals surface area contributed by atoms with E-state index in [-0.39, 0.29) is 22.2 Å². The van der Waals surface area contributed by atoms with Crippen LogP contribution < -0.4 is 10.6 Å². The van der Waals surface area contributed by atoms with Crippen molar-refractivity contribution in [3.8, 4) is 0 Å². The van der Waals surface area contributed by atoms with Gasteiger partial charge in [0.1, 0.15) is 5.25 Å². The van der Waals surface area contributed by atoms with Gasteiger partial charge in [0.05, 0.1) is 20.7 Å². The van der Waals surface area contributed by atoms with Crippen LogP contribution in [-0.2, 0) is 4.79 Å². The number of nitrogens with zero attached hydrogens (tertiary/aromatic N) is 1. The Morgan fingerprint density at radius 3 is 2.24 bits per heavy atom. The lowest BCUT2D eigenvalue weighted by molar-refractivity contribution is -0.384. The van der Waals surface area contributed by atoms with Gasteiger partial charge < -0.3 is 10.6 Å². The highest BCUT2D eigenvalue weighted by atomic mass is 35.5. The second-order valence-corrected chi connectivity index (χ2v) is 9.75. The standard InChI is InChI=1S/C27H19Cl2N3O4S/c28-22-10-5-11-23(24(22)29)31-27(34)25(17-6-2-1-3-7-17)37-21-14-12-19(13-15-21)30-26(33)18-8-4-9-20(16-18)32(35)36/h1-16,25H,(H,30,33)(H,31,34). The van der Waals surface area contributed by atoms with Crippen molar-refractivity contribution in [1.82, 2.24) is 0 Å². The van der Waals surface area contributed by atoms with Crippen molar-refractivity contribution >= 4 is 63.8 Å². The average molecular weight is 552 g/mol. The van der Waals surface area contributed by atoms with Crippen LogP contribution in [0.1, 0.15) is 21.2 Å². The highest BCUT2D eigenvalue weighted by Crippen LogP contribution is 2.38. The van der Waals surface area contributed by atoms with Crippen LogP contribution in [-0.4, -0.2) is 16.7 Å². The molecule has 4 aromatic carbocycles. The number of nitro benzene ring substituents is 1. The van der Waals surface area contributed by atoms with Crippen molar-refractivity contribution in [3.05, 3.63) is 128 Å². The first kappa shape index (κ1) is 26.2. The van der Waals surface area contributed by atoms with Crippen LogP contribution in [0.3, 0.4) is 0 Å². The minimum absolute atomic E-state index is 0.163. The minimum atomic E-state index is -0.596. The Kier molecular flexibility index (Phi) is 8.45. The molecule has 4 rings (SSSR count). The van der Waals surface area contributed by atoms with Gasteiger partial charge in [0.25, 0.3) is 11.6 Å². The molecular weight excluding hydrogens is 533 g/mol. The first-order valence-corrected chi connectivity index (χ1v) is 12.6. The summed E-state index contributed by atoms with van der Waals surface area (Å²) in [6.07, 6.45) is 0. The van der Waals surface area contributed by atoms with E-state index in [0.29, 0.717) is 16.4 Å². The van der Waals surface area contributed by atoms with Gasteiger partial charge in [0.15, 0.2) is 0 Å². The molecule has 0 spiro atoms. The van der Waals surface area contributed by atoms with E-state index in [1.165, 1.54) is 36.0 Å². The van der Waals surface area contributed by atoms with Crippen LogP contribution >= 0.6 is 35.0 Å². The summed E-state index contributed by atoms with van der Waals surface area (Å²) < 4.78 is 0. The number of amides is 2. The smallest absolute Gasteiger partial charge is 0.270 e. The zero-order chi connectivity index (χ0) is 26.4. The summed E-state index contributed by atoms with van der Waals surface area (Å²) in [6.45, 7) is 0. The number of nitrogens with one attached hydrogen (secondary N) is 2. The molecule has 0 fully saturated rings. The molecule has 0 aromatic heterocycles. The predicted octanol–water partition coefficient (Wildman–Crippen LogP) is 7.63. The van der Waals surface area contributed by atoms with Crippen LogP contribution in [0.5, 0.6) is 0 Å². The summed E-state index contributed by atoms with van der Waals surface area (Å²) >= 11 is 13.7. The first-order chi connectivity index (χ1) is 17.8. The summed E-state index contributed by atoms with van der Waals surface area (Å²) in [5, 5.41) is 16.6. The van der Waals surface area contributed by atoms with Crippen LogP contribution in [0.15, 0.2) is 102 Å². The van der Waals surface area contributed by atoms with E-state index in [0.717, 1.165) is 10.5 Å². The van der Waals surface area contributed by atoms with Crippen molar-refractivity contribution in [2.45, 2.75) is 10.1 Å². The van der Waals surface area contributed by atoms with Crippen LogP contribution in [0, 0.1) is 10.1 Å². The molecule has 0 aliphatic heterocycles. The number of carbonyl (C=O) groups excluding carboxylic acids is 2. The largest absolute Gasteiger partial charge is 0.323 e. The van der Waals surface area contributed by atoms with Gasteiger partial charge in [0.2, 0.25) is 5.91 Å². The van der Waals surface area contributed by atoms with Gasteiger partial charge in [-0.3, -0.25) is 19.7 Å². The third kappa shape index (κ3) is 6.68. The summed E-state index contributed by atoms with van der Waals surface area (Å²) in [6, 6.07) is 26.8. The number of non-ortho nitro benzene ring substituents is 1. The second kappa shape index (κ2) is 11.9. The van der Waals surface area contributed by atoms with E-state index < -0.39 is 16.1 Å². The lowest BCUT2D eigenvalue weighted by atomic mass is 10.1. The number of carbonyl (C=O) groups is 2. The monoisotopic (exact) mass is 551 g/mol. The molecule has 0 saturated carbocycles. The Morgan fingerprint density at radius 1 is 0.838 bits per heavy atom. The highest BCUT2D eigenvalue weighted by molar-refractivity contribution is 8.00. The van der Waals surface area contributed by atoms with Crippen LogP contribution in [0.25, 0.3) is 0 Å². The van der Waals surface area contributed by atoms with Gasteiger partial charge in [-0.15, -0.1) is 11.8 Å². The summed E-state index contributed by atoms with van der Waals surface area (Å²) in [7, 11) is 0. The van der Waals surface area contributed by atoms with Crippen molar-refractivity contribution < 1.29 is 14.5 Å². The maximum absolute atomic E-state index is 13.3. The molecule has 0 heterocycles. The first-order valence-electron chi connectivity index (χ1n) is 10.9. The Balaban J connectivity index is 1.50. The van der Waals surface area contributed by atoms with Crippen molar-refractivity contribution in [2.24, 2.45) is 0 Å². The highest BCUT2D eigenvalue weighted by Gasteiger charge is 2.23. The molecule has 10 heteroatoms. The number of benzene rings is 4. The number of anilines is 2. The molecule has 1 atom stereocenters. The molecule has 7 nitrogen and oxygen atoms in total. The fourth-order valence-electron chi connectivity index (χ4n) is 3.42. The number of rotatable bonds is 8. The Morgan fingerprint density at radius 2 is 1.54 bits per heavy atom. The number of hydrogen-bond acceptors (Lipinski definition) is 5. The van der Waals surface area contributed by atoms with Crippen LogP contribution in [0.2, 0.25) is 10.0 Å². The SMILES string of the molecule is O=C(Nc1ccc(SC(C(=O)Nc2cccc(Cl)c2Cl)c2ccccc2)cc1)c1cccc([N+](=O)[O-])c1. The third-order valence-electron chi connectivity index (χ3n) is 5.24. The maximum Gasteiger partial charge on any atom is 0.270 e. The molecule has 37 heavy (non-hydrogen) atoms. The quantitative estimate of drug-likeness (QED) is 0.133. The molecule has 0 bridgehead atoms. The van der Waals surface area contributed by atoms with Gasteiger partial charge in [-0.25, -0.2) is 0 Å². The summed E-state index contributed by atoms with van der Waals surface area (Å²) in [5.74, 6) is -0.743. The number of nitro groups is 1. The normalized spacial score (nSPS) is 11.4. The van der Waals surface area contributed by atoms with Gasteiger partial charge in [0, 0.05) is 28.3 Å². The number of halogens is 2. The van der Waals surface area contributed by atoms with Gasteiger partial charge in [-0.1, -0.05) is 65.7 Å². The van der Waals surface area contributed by atoms with Gasteiger partial charge in [-0.2, -0.15) is 0 Å². The van der Waals surface area contributed by atoms with Gasteiger partial charge in [-0.05, 0) is 48.0 Å². The van der Waals surface area contributed by atoms with E-state index in [1.807, 2.05) is 30.3 Å². The Labute approximate surface area is 227 Å². The van der Waals surface area contributed by atoms with E-state index in [1.54, 1.807) is 42.5 Å². The zero-order valence-electron chi connectivity index (χ0n) is 19.1. The molecule has 0 radical (unpaired) electrons. The molecular formula is C27H19Cl2N3O4S.